The summed E-state index contributed by atoms with van der Waals surface area (Å²) in [7, 11) is 0. The van der Waals surface area contributed by atoms with Crippen LogP contribution in [0, 0.1) is 0 Å². The lowest BCUT2D eigenvalue weighted by molar-refractivity contribution is 0.0937. The van der Waals surface area contributed by atoms with Crippen LogP contribution in [-0.2, 0) is 11.3 Å². The first-order valence-electron chi connectivity index (χ1n) is 9.48. The van der Waals surface area contributed by atoms with E-state index in [1.807, 2.05) is 12.1 Å². The first kappa shape index (κ1) is 17.7. The lowest BCUT2D eigenvalue weighted by atomic mass is 10.2. The van der Waals surface area contributed by atoms with Crippen LogP contribution in [0.2, 0.25) is 0 Å². The highest BCUT2D eigenvalue weighted by Gasteiger charge is 2.22. The molecule has 0 bridgehead atoms. The fourth-order valence-corrected chi connectivity index (χ4v) is 3.47. The van der Waals surface area contributed by atoms with Gasteiger partial charge in [-0.15, -0.1) is 0 Å². The summed E-state index contributed by atoms with van der Waals surface area (Å²) in [6, 6.07) is 7.39. The molecule has 0 aromatic carbocycles. The highest BCUT2D eigenvalue weighted by molar-refractivity contribution is 5.96. The number of pyridine rings is 2. The van der Waals surface area contributed by atoms with E-state index in [0.29, 0.717) is 31.2 Å². The number of hydrogen-bond donors (Lipinski definition) is 1. The van der Waals surface area contributed by atoms with Crippen molar-refractivity contribution in [1.29, 1.82) is 0 Å². The third kappa shape index (κ3) is 4.19. The minimum absolute atomic E-state index is 0.0495. The zero-order chi connectivity index (χ0) is 18.5. The molecular formula is C20H24N4O3. The van der Waals surface area contributed by atoms with Gasteiger partial charge in [0.2, 0.25) is 5.88 Å². The lowest BCUT2D eigenvalue weighted by Crippen LogP contribution is -2.27. The van der Waals surface area contributed by atoms with E-state index in [1.165, 1.54) is 12.8 Å². The zero-order valence-electron chi connectivity index (χ0n) is 15.3. The van der Waals surface area contributed by atoms with Gasteiger partial charge in [-0.2, -0.15) is 0 Å². The van der Waals surface area contributed by atoms with E-state index in [0.717, 1.165) is 30.9 Å². The van der Waals surface area contributed by atoms with Gasteiger partial charge >= 0.3 is 0 Å². The lowest BCUT2D eigenvalue weighted by Gasteiger charge is -2.20. The summed E-state index contributed by atoms with van der Waals surface area (Å²) in [4.78, 5) is 23.8. The number of nitrogens with one attached hydrogen (secondary N) is 1. The van der Waals surface area contributed by atoms with Crippen molar-refractivity contribution in [2.24, 2.45) is 0 Å². The van der Waals surface area contributed by atoms with Crippen LogP contribution in [0.15, 0.2) is 36.7 Å². The number of ether oxygens (including phenoxy) is 2. The summed E-state index contributed by atoms with van der Waals surface area (Å²) in [5, 5.41) is 2.99. The average molecular weight is 368 g/mol. The SMILES string of the molecule is O=C(NCc1cccnc1N1CCCC1)c1cccnc1O[C@H]1CCOC1. The van der Waals surface area contributed by atoms with Gasteiger partial charge in [0.25, 0.3) is 5.91 Å². The van der Waals surface area contributed by atoms with Crippen molar-refractivity contribution in [3.05, 3.63) is 47.8 Å². The normalized spacial score (nSPS) is 19.3. The first-order chi connectivity index (χ1) is 13.3. The van der Waals surface area contributed by atoms with Crippen molar-refractivity contribution in [2.45, 2.75) is 31.9 Å². The van der Waals surface area contributed by atoms with Crippen LogP contribution in [0.1, 0.15) is 35.2 Å². The molecule has 4 heterocycles. The van der Waals surface area contributed by atoms with Crippen molar-refractivity contribution < 1.29 is 14.3 Å². The standard InChI is InChI=1S/C20H24N4O3/c25-19(17-6-4-9-22-20(17)27-16-7-12-26-14-16)23-13-15-5-3-8-21-18(15)24-10-1-2-11-24/h3-6,8-9,16H,1-2,7,10-14H2,(H,23,25)/t16-/m0/s1. The number of carbonyl (C=O) groups excluding carboxylic acids is 1. The van der Waals surface area contributed by atoms with Crippen LogP contribution in [0.4, 0.5) is 5.82 Å². The molecule has 1 atom stereocenters. The van der Waals surface area contributed by atoms with Crippen LogP contribution < -0.4 is 15.0 Å². The molecule has 0 radical (unpaired) electrons. The second-order valence-corrected chi connectivity index (χ2v) is 6.82. The third-order valence-electron chi connectivity index (χ3n) is 4.89. The van der Waals surface area contributed by atoms with E-state index in [2.05, 4.69) is 20.2 Å². The smallest absolute Gasteiger partial charge is 0.257 e. The minimum Gasteiger partial charge on any atom is -0.471 e. The monoisotopic (exact) mass is 368 g/mol. The average Bonchev–Trinajstić information content (AvgIpc) is 3.41. The zero-order valence-corrected chi connectivity index (χ0v) is 15.3. The molecule has 0 spiro atoms. The molecule has 7 nitrogen and oxygen atoms in total. The molecule has 7 heteroatoms. The maximum Gasteiger partial charge on any atom is 0.257 e. The Morgan fingerprint density at radius 2 is 2.04 bits per heavy atom. The fourth-order valence-electron chi connectivity index (χ4n) is 3.47. The van der Waals surface area contributed by atoms with Crippen molar-refractivity contribution >= 4 is 11.7 Å². The molecule has 0 unspecified atom stereocenters. The maximum absolute atomic E-state index is 12.7. The van der Waals surface area contributed by atoms with Gasteiger partial charge in [-0.3, -0.25) is 4.79 Å². The highest BCUT2D eigenvalue weighted by atomic mass is 16.5. The quantitative estimate of drug-likeness (QED) is 0.842. The van der Waals surface area contributed by atoms with Crippen LogP contribution in [0.25, 0.3) is 0 Å². The molecule has 1 N–H and O–H groups in total. The van der Waals surface area contributed by atoms with Crippen LogP contribution in [0.3, 0.4) is 0 Å². The molecular weight excluding hydrogens is 344 g/mol. The van der Waals surface area contributed by atoms with E-state index in [9.17, 15) is 4.79 Å². The van der Waals surface area contributed by atoms with Gasteiger partial charge in [0.15, 0.2) is 0 Å². The summed E-state index contributed by atoms with van der Waals surface area (Å²) >= 11 is 0. The predicted octanol–water partition coefficient (Wildman–Crippen LogP) is 2.17. The Balaban J connectivity index is 1.44. The molecule has 2 aliphatic rings. The molecule has 2 aromatic rings. The van der Waals surface area contributed by atoms with Gasteiger partial charge in [0, 0.05) is 44.0 Å². The molecule has 4 rings (SSSR count). The van der Waals surface area contributed by atoms with Gasteiger partial charge in [0.1, 0.15) is 17.5 Å². The summed E-state index contributed by atoms with van der Waals surface area (Å²) in [6.45, 7) is 3.66. The number of amides is 1. The molecule has 2 fully saturated rings. The van der Waals surface area contributed by atoms with Crippen LogP contribution in [-0.4, -0.2) is 48.3 Å². The maximum atomic E-state index is 12.7. The van der Waals surface area contributed by atoms with E-state index in [4.69, 9.17) is 9.47 Å². The van der Waals surface area contributed by atoms with E-state index >= 15 is 0 Å². The predicted molar refractivity (Wildman–Crippen MR) is 101 cm³/mol. The summed E-state index contributed by atoms with van der Waals surface area (Å²) in [5.41, 5.74) is 1.46. The number of anilines is 1. The molecule has 2 saturated heterocycles. The largest absolute Gasteiger partial charge is 0.471 e. The van der Waals surface area contributed by atoms with Gasteiger partial charge in [-0.05, 0) is 31.0 Å². The Labute approximate surface area is 158 Å². The molecule has 142 valence electrons. The number of nitrogens with zero attached hydrogens (tertiary/aromatic N) is 3. The Morgan fingerprint density at radius 1 is 1.22 bits per heavy atom. The topological polar surface area (TPSA) is 76.6 Å². The fraction of sp³-hybridized carbons (Fsp3) is 0.450. The van der Waals surface area contributed by atoms with Crippen LogP contribution in [0.5, 0.6) is 5.88 Å². The molecule has 0 aliphatic carbocycles. The van der Waals surface area contributed by atoms with E-state index < -0.39 is 0 Å². The Kier molecular flexibility index (Phi) is 5.48. The molecule has 0 saturated carbocycles. The Hall–Kier alpha value is -2.67. The van der Waals surface area contributed by atoms with Gasteiger partial charge in [-0.1, -0.05) is 6.07 Å². The van der Waals surface area contributed by atoms with Gasteiger partial charge < -0.3 is 19.7 Å². The molecule has 27 heavy (non-hydrogen) atoms. The number of rotatable bonds is 6. The second kappa shape index (κ2) is 8.35. The van der Waals surface area contributed by atoms with Crippen molar-refractivity contribution in [1.82, 2.24) is 15.3 Å². The second-order valence-electron chi connectivity index (χ2n) is 6.82. The number of aromatic nitrogens is 2. The van der Waals surface area contributed by atoms with Crippen molar-refractivity contribution in [3.63, 3.8) is 0 Å². The Morgan fingerprint density at radius 3 is 2.85 bits per heavy atom. The van der Waals surface area contributed by atoms with E-state index in [1.54, 1.807) is 24.5 Å². The minimum atomic E-state index is -0.201. The third-order valence-corrected chi connectivity index (χ3v) is 4.89. The first-order valence-corrected chi connectivity index (χ1v) is 9.48. The number of hydrogen-bond acceptors (Lipinski definition) is 6. The van der Waals surface area contributed by atoms with Crippen molar-refractivity contribution in [3.8, 4) is 5.88 Å². The van der Waals surface area contributed by atoms with Crippen molar-refractivity contribution in [2.75, 3.05) is 31.2 Å². The summed E-state index contributed by atoms with van der Waals surface area (Å²) < 4.78 is 11.2. The highest BCUT2D eigenvalue weighted by Crippen LogP contribution is 2.23. The Bertz CT molecular complexity index is 786. The molecule has 2 aliphatic heterocycles. The van der Waals surface area contributed by atoms with Gasteiger partial charge in [0.05, 0.1) is 13.2 Å². The summed E-state index contributed by atoms with van der Waals surface area (Å²) in [6.07, 6.45) is 6.57. The molecule has 2 aromatic heterocycles. The summed E-state index contributed by atoms with van der Waals surface area (Å²) in [5.74, 6) is 1.12. The molecule has 1 amide bonds. The van der Waals surface area contributed by atoms with Crippen LogP contribution >= 0.6 is 0 Å². The van der Waals surface area contributed by atoms with Gasteiger partial charge in [-0.25, -0.2) is 9.97 Å². The number of carbonyl (C=O) groups is 1. The van der Waals surface area contributed by atoms with E-state index in [-0.39, 0.29) is 12.0 Å².